The van der Waals surface area contributed by atoms with Gasteiger partial charge in [0, 0.05) is 51.9 Å². The summed E-state index contributed by atoms with van der Waals surface area (Å²) < 4.78 is 15.8. The second-order valence-electron chi connectivity index (χ2n) is 6.23. The summed E-state index contributed by atoms with van der Waals surface area (Å²) in [5, 5.41) is 0. The van der Waals surface area contributed by atoms with Gasteiger partial charge in [0.05, 0.1) is 18.9 Å². The first kappa shape index (κ1) is 17.9. The Morgan fingerprint density at radius 1 is 1.32 bits per heavy atom. The SMILES string of the molecule is CCOC(=O)N1CCN(c2cc(C3CCOC3)nc(COC)n2)CC1. The van der Waals surface area contributed by atoms with Gasteiger partial charge in [0.1, 0.15) is 12.4 Å². The zero-order valence-corrected chi connectivity index (χ0v) is 14.9. The number of methoxy groups -OCH3 is 1. The number of amides is 1. The Bertz CT molecular complexity index is 584. The summed E-state index contributed by atoms with van der Waals surface area (Å²) in [6, 6.07) is 2.05. The maximum Gasteiger partial charge on any atom is 0.409 e. The van der Waals surface area contributed by atoms with Crippen molar-refractivity contribution < 1.29 is 19.0 Å². The minimum absolute atomic E-state index is 0.242. The molecule has 0 bridgehead atoms. The van der Waals surface area contributed by atoms with E-state index in [1.807, 2.05) is 6.92 Å². The molecule has 138 valence electrons. The maximum absolute atomic E-state index is 11.8. The molecule has 1 aromatic rings. The van der Waals surface area contributed by atoms with Crippen LogP contribution in [0.2, 0.25) is 0 Å². The predicted octanol–water partition coefficient (Wildman–Crippen LogP) is 1.41. The van der Waals surface area contributed by atoms with Crippen molar-refractivity contribution >= 4 is 11.9 Å². The van der Waals surface area contributed by atoms with Gasteiger partial charge in [-0.3, -0.25) is 0 Å². The second-order valence-corrected chi connectivity index (χ2v) is 6.23. The van der Waals surface area contributed by atoms with Crippen LogP contribution in [-0.2, 0) is 20.8 Å². The molecule has 0 radical (unpaired) electrons. The lowest BCUT2D eigenvalue weighted by atomic mass is 10.0. The maximum atomic E-state index is 11.8. The van der Waals surface area contributed by atoms with Crippen molar-refractivity contribution in [2.75, 3.05) is 58.0 Å². The number of hydrogen-bond acceptors (Lipinski definition) is 7. The molecule has 8 nitrogen and oxygen atoms in total. The molecule has 8 heteroatoms. The van der Waals surface area contributed by atoms with Crippen molar-refractivity contribution in [1.82, 2.24) is 14.9 Å². The number of aromatic nitrogens is 2. The minimum Gasteiger partial charge on any atom is -0.450 e. The van der Waals surface area contributed by atoms with Crippen LogP contribution in [0.1, 0.15) is 30.8 Å². The van der Waals surface area contributed by atoms with Crippen molar-refractivity contribution in [2.45, 2.75) is 25.9 Å². The molecule has 1 atom stereocenters. The van der Waals surface area contributed by atoms with Gasteiger partial charge in [-0.25, -0.2) is 14.8 Å². The Hall–Kier alpha value is -1.93. The lowest BCUT2D eigenvalue weighted by molar-refractivity contribution is 0.105. The predicted molar refractivity (Wildman–Crippen MR) is 91.7 cm³/mol. The van der Waals surface area contributed by atoms with Crippen molar-refractivity contribution in [3.63, 3.8) is 0 Å². The van der Waals surface area contributed by atoms with Crippen LogP contribution in [0.5, 0.6) is 0 Å². The average molecular weight is 350 g/mol. The van der Waals surface area contributed by atoms with Gasteiger partial charge >= 0.3 is 6.09 Å². The van der Waals surface area contributed by atoms with Gasteiger partial charge in [-0.15, -0.1) is 0 Å². The number of rotatable bonds is 5. The fourth-order valence-electron chi connectivity index (χ4n) is 3.17. The van der Waals surface area contributed by atoms with E-state index in [0.717, 1.165) is 37.6 Å². The first-order valence-electron chi connectivity index (χ1n) is 8.82. The summed E-state index contributed by atoms with van der Waals surface area (Å²) >= 11 is 0. The molecule has 2 fully saturated rings. The molecule has 2 aliphatic heterocycles. The van der Waals surface area contributed by atoms with Crippen molar-refractivity contribution in [2.24, 2.45) is 0 Å². The molecule has 0 N–H and O–H groups in total. The standard InChI is InChI=1S/C17H26N4O4/c1-3-25-17(22)21-7-5-20(6-8-21)16-10-14(13-4-9-24-11-13)18-15(19-16)12-23-2/h10,13H,3-9,11-12H2,1-2H3. The smallest absolute Gasteiger partial charge is 0.409 e. The third kappa shape index (κ3) is 4.38. The zero-order chi connectivity index (χ0) is 17.6. The fourth-order valence-corrected chi connectivity index (χ4v) is 3.17. The molecule has 2 saturated heterocycles. The van der Waals surface area contributed by atoms with Gasteiger partial charge in [-0.2, -0.15) is 0 Å². The van der Waals surface area contributed by atoms with E-state index in [2.05, 4.69) is 20.9 Å². The summed E-state index contributed by atoms with van der Waals surface area (Å²) in [7, 11) is 1.65. The van der Waals surface area contributed by atoms with Crippen LogP contribution in [0.15, 0.2) is 6.07 Å². The van der Waals surface area contributed by atoms with Crippen LogP contribution in [-0.4, -0.2) is 74.1 Å². The van der Waals surface area contributed by atoms with Gasteiger partial charge in [-0.1, -0.05) is 0 Å². The van der Waals surface area contributed by atoms with E-state index < -0.39 is 0 Å². The molecule has 0 saturated carbocycles. The first-order chi connectivity index (χ1) is 12.2. The van der Waals surface area contributed by atoms with E-state index >= 15 is 0 Å². The van der Waals surface area contributed by atoms with Crippen molar-refractivity contribution in [3.8, 4) is 0 Å². The van der Waals surface area contributed by atoms with E-state index in [1.54, 1.807) is 12.0 Å². The number of ether oxygens (including phenoxy) is 3. The quantitative estimate of drug-likeness (QED) is 0.794. The van der Waals surface area contributed by atoms with Crippen molar-refractivity contribution in [3.05, 3.63) is 17.6 Å². The molecular formula is C17H26N4O4. The lowest BCUT2D eigenvalue weighted by Crippen LogP contribution is -2.49. The zero-order valence-electron chi connectivity index (χ0n) is 14.9. The summed E-state index contributed by atoms with van der Waals surface area (Å²) in [5.41, 5.74) is 1.02. The summed E-state index contributed by atoms with van der Waals surface area (Å²) in [6.45, 7) is 6.80. The molecule has 0 aliphatic carbocycles. The van der Waals surface area contributed by atoms with E-state index in [4.69, 9.17) is 14.2 Å². The monoisotopic (exact) mass is 350 g/mol. The number of carbonyl (C=O) groups excluding carboxylic acids is 1. The molecule has 25 heavy (non-hydrogen) atoms. The first-order valence-corrected chi connectivity index (χ1v) is 8.82. The second kappa shape index (κ2) is 8.44. The minimum atomic E-state index is -0.242. The molecule has 3 rings (SSSR count). The van der Waals surface area contributed by atoms with Crippen LogP contribution in [0.3, 0.4) is 0 Å². The van der Waals surface area contributed by atoms with E-state index in [0.29, 0.717) is 44.7 Å². The third-order valence-electron chi connectivity index (χ3n) is 4.53. The fraction of sp³-hybridized carbons (Fsp3) is 0.706. The molecule has 0 aromatic carbocycles. The highest BCUT2D eigenvalue weighted by Gasteiger charge is 2.25. The molecular weight excluding hydrogens is 324 g/mol. The summed E-state index contributed by atoms with van der Waals surface area (Å²) in [6.07, 6.45) is 0.744. The van der Waals surface area contributed by atoms with Gasteiger partial charge in [0.15, 0.2) is 5.82 Å². The Balaban J connectivity index is 1.72. The Morgan fingerprint density at radius 3 is 2.76 bits per heavy atom. The molecule has 1 amide bonds. The van der Waals surface area contributed by atoms with Gasteiger partial charge in [0.25, 0.3) is 0 Å². The van der Waals surface area contributed by atoms with E-state index in [9.17, 15) is 4.79 Å². The molecule has 1 unspecified atom stereocenters. The largest absolute Gasteiger partial charge is 0.450 e. The lowest BCUT2D eigenvalue weighted by Gasteiger charge is -2.35. The number of piperazine rings is 1. The Morgan fingerprint density at radius 2 is 2.12 bits per heavy atom. The van der Waals surface area contributed by atoms with Crippen LogP contribution >= 0.6 is 0 Å². The number of anilines is 1. The molecule has 0 spiro atoms. The highest BCUT2D eigenvalue weighted by molar-refractivity contribution is 5.68. The van der Waals surface area contributed by atoms with Crippen LogP contribution in [0.25, 0.3) is 0 Å². The van der Waals surface area contributed by atoms with Crippen LogP contribution in [0.4, 0.5) is 10.6 Å². The summed E-state index contributed by atoms with van der Waals surface area (Å²) in [5.74, 6) is 1.90. The van der Waals surface area contributed by atoms with Gasteiger partial charge in [-0.05, 0) is 13.3 Å². The van der Waals surface area contributed by atoms with E-state index in [-0.39, 0.29) is 6.09 Å². The Kier molecular flexibility index (Phi) is 6.04. The van der Waals surface area contributed by atoms with Crippen LogP contribution in [0, 0.1) is 0 Å². The molecule has 1 aromatic heterocycles. The normalized spacial score (nSPS) is 20.8. The topological polar surface area (TPSA) is 77.0 Å². The van der Waals surface area contributed by atoms with Crippen molar-refractivity contribution in [1.29, 1.82) is 0 Å². The number of carbonyl (C=O) groups is 1. The third-order valence-corrected chi connectivity index (χ3v) is 4.53. The van der Waals surface area contributed by atoms with Crippen LogP contribution < -0.4 is 4.90 Å². The summed E-state index contributed by atoms with van der Waals surface area (Å²) in [4.78, 5) is 25.0. The Labute approximate surface area is 148 Å². The highest BCUT2D eigenvalue weighted by Crippen LogP contribution is 2.26. The highest BCUT2D eigenvalue weighted by atomic mass is 16.6. The number of hydrogen-bond donors (Lipinski definition) is 0. The average Bonchev–Trinajstić information content (AvgIpc) is 3.17. The van der Waals surface area contributed by atoms with Gasteiger partial charge in [0.2, 0.25) is 0 Å². The molecule has 2 aliphatic rings. The number of nitrogens with zero attached hydrogens (tertiary/aromatic N) is 4. The van der Waals surface area contributed by atoms with Gasteiger partial charge < -0.3 is 24.0 Å². The molecule has 3 heterocycles. The van der Waals surface area contributed by atoms with E-state index in [1.165, 1.54) is 0 Å².